The number of carbonyl (C=O) groups is 2. The van der Waals surface area contributed by atoms with Gasteiger partial charge in [0.25, 0.3) is 11.7 Å². The highest BCUT2D eigenvalue weighted by Crippen LogP contribution is 2.40. The lowest BCUT2D eigenvalue weighted by atomic mass is 9.95. The molecule has 3 aromatic rings. The minimum absolute atomic E-state index is 0.111. The number of aliphatic hydroxyl groups excluding tert-OH is 1. The van der Waals surface area contributed by atoms with E-state index in [-0.39, 0.29) is 17.9 Å². The molecule has 0 saturated carbocycles. The first-order valence-corrected chi connectivity index (χ1v) is 9.99. The molecule has 5 heteroatoms. The molecule has 1 saturated heterocycles. The van der Waals surface area contributed by atoms with Crippen LogP contribution in [0.3, 0.4) is 0 Å². The molecule has 1 heterocycles. The van der Waals surface area contributed by atoms with E-state index in [0.29, 0.717) is 5.56 Å². The van der Waals surface area contributed by atoms with Crippen molar-refractivity contribution in [2.24, 2.45) is 0 Å². The van der Waals surface area contributed by atoms with Crippen molar-refractivity contribution in [1.29, 1.82) is 0 Å². The maximum atomic E-state index is 13.0. The SMILES string of the molecule is O=C1C(=O)N(Cc2ccccc2)[C@H](c2ccc(Br)cc2)/C1=C(\O)c1ccccc1. The Morgan fingerprint density at radius 2 is 1.45 bits per heavy atom. The van der Waals surface area contributed by atoms with E-state index in [0.717, 1.165) is 15.6 Å². The largest absolute Gasteiger partial charge is 0.507 e. The van der Waals surface area contributed by atoms with Crippen LogP contribution < -0.4 is 0 Å². The predicted octanol–water partition coefficient (Wildman–Crippen LogP) is 5.07. The number of amides is 1. The summed E-state index contributed by atoms with van der Waals surface area (Å²) in [5, 5.41) is 10.9. The lowest BCUT2D eigenvalue weighted by molar-refractivity contribution is -0.140. The smallest absolute Gasteiger partial charge is 0.295 e. The van der Waals surface area contributed by atoms with Gasteiger partial charge in [0, 0.05) is 16.6 Å². The maximum Gasteiger partial charge on any atom is 0.295 e. The number of carbonyl (C=O) groups excluding carboxylic acids is 2. The van der Waals surface area contributed by atoms with Crippen LogP contribution >= 0.6 is 15.9 Å². The molecule has 4 rings (SSSR count). The Morgan fingerprint density at radius 3 is 2.07 bits per heavy atom. The third-order valence-electron chi connectivity index (χ3n) is 4.97. The standard InChI is InChI=1S/C24H18BrNO3/c25-19-13-11-17(12-14-19)21-20(22(27)18-9-5-2-6-10-18)23(28)24(29)26(21)15-16-7-3-1-4-8-16/h1-14,21,27H,15H2/b22-20+/t21-/m1/s1. The van der Waals surface area contributed by atoms with Crippen molar-refractivity contribution in [2.45, 2.75) is 12.6 Å². The van der Waals surface area contributed by atoms with Crippen molar-refractivity contribution in [3.05, 3.63) is 112 Å². The summed E-state index contributed by atoms with van der Waals surface area (Å²) in [5.74, 6) is -1.44. The molecule has 1 N–H and O–H groups in total. The van der Waals surface area contributed by atoms with Crippen molar-refractivity contribution in [3.63, 3.8) is 0 Å². The van der Waals surface area contributed by atoms with Gasteiger partial charge in [-0.1, -0.05) is 88.7 Å². The third-order valence-corrected chi connectivity index (χ3v) is 5.50. The average Bonchev–Trinajstić information content (AvgIpc) is 3.00. The Balaban J connectivity index is 1.86. The first-order chi connectivity index (χ1) is 14.1. The lowest BCUT2D eigenvalue weighted by Crippen LogP contribution is -2.29. The molecule has 29 heavy (non-hydrogen) atoms. The average molecular weight is 448 g/mol. The van der Waals surface area contributed by atoms with E-state index >= 15 is 0 Å². The van der Waals surface area contributed by atoms with Crippen LogP contribution in [0.4, 0.5) is 0 Å². The second-order valence-corrected chi connectivity index (χ2v) is 7.75. The van der Waals surface area contributed by atoms with E-state index in [1.54, 1.807) is 24.3 Å². The van der Waals surface area contributed by atoms with Crippen LogP contribution in [0.15, 0.2) is 95.0 Å². The molecule has 1 fully saturated rings. The summed E-state index contributed by atoms with van der Waals surface area (Å²) in [6.45, 7) is 0.276. The van der Waals surface area contributed by atoms with Gasteiger partial charge in [-0.25, -0.2) is 0 Å². The molecule has 0 spiro atoms. The number of hydrogen-bond acceptors (Lipinski definition) is 3. The number of likely N-dealkylation sites (tertiary alicyclic amines) is 1. The fourth-order valence-corrected chi connectivity index (χ4v) is 3.83. The summed E-state index contributed by atoms with van der Waals surface area (Å²) >= 11 is 3.42. The Morgan fingerprint density at radius 1 is 0.862 bits per heavy atom. The van der Waals surface area contributed by atoms with Gasteiger partial charge in [0.1, 0.15) is 5.76 Å². The molecular weight excluding hydrogens is 430 g/mol. The summed E-state index contributed by atoms with van der Waals surface area (Å²) in [6.07, 6.45) is 0. The van der Waals surface area contributed by atoms with Crippen LogP contribution in [0.2, 0.25) is 0 Å². The minimum atomic E-state index is -0.671. The van der Waals surface area contributed by atoms with E-state index in [4.69, 9.17) is 0 Å². The van der Waals surface area contributed by atoms with E-state index < -0.39 is 17.7 Å². The summed E-state index contributed by atoms with van der Waals surface area (Å²) in [6, 6.07) is 25.1. The summed E-state index contributed by atoms with van der Waals surface area (Å²) < 4.78 is 0.893. The van der Waals surface area contributed by atoms with Gasteiger partial charge in [-0.2, -0.15) is 0 Å². The number of aliphatic hydroxyl groups is 1. The van der Waals surface area contributed by atoms with Gasteiger partial charge in [-0.3, -0.25) is 9.59 Å². The Bertz CT molecular complexity index is 1080. The van der Waals surface area contributed by atoms with Gasteiger partial charge in [0.15, 0.2) is 0 Å². The molecule has 1 amide bonds. The summed E-state index contributed by atoms with van der Waals surface area (Å²) in [4.78, 5) is 27.4. The van der Waals surface area contributed by atoms with Gasteiger partial charge < -0.3 is 10.0 Å². The van der Waals surface area contributed by atoms with E-state index in [2.05, 4.69) is 15.9 Å². The highest BCUT2D eigenvalue weighted by Gasteiger charge is 2.45. The predicted molar refractivity (Wildman–Crippen MR) is 115 cm³/mol. The van der Waals surface area contributed by atoms with E-state index in [1.165, 1.54) is 4.90 Å². The van der Waals surface area contributed by atoms with Crippen molar-refractivity contribution in [2.75, 3.05) is 0 Å². The molecule has 0 bridgehead atoms. The molecule has 144 valence electrons. The second kappa shape index (κ2) is 8.05. The van der Waals surface area contributed by atoms with Crippen molar-refractivity contribution in [1.82, 2.24) is 4.90 Å². The van der Waals surface area contributed by atoms with E-state index in [9.17, 15) is 14.7 Å². The molecule has 0 aromatic heterocycles. The topological polar surface area (TPSA) is 57.6 Å². The summed E-state index contributed by atoms with van der Waals surface area (Å²) in [7, 11) is 0. The minimum Gasteiger partial charge on any atom is -0.507 e. The molecule has 4 nitrogen and oxygen atoms in total. The van der Waals surface area contributed by atoms with Crippen molar-refractivity contribution < 1.29 is 14.7 Å². The van der Waals surface area contributed by atoms with Crippen LogP contribution in [0.5, 0.6) is 0 Å². The Hall–Kier alpha value is -3.18. The zero-order chi connectivity index (χ0) is 20.4. The van der Waals surface area contributed by atoms with Crippen molar-refractivity contribution >= 4 is 33.4 Å². The quantitative estimate of drug-likeness (QED) is 0.345. The first-order valence-electron chi connectivity index (χ1n) is 9.19. The zero-order valence-electron chi connectivity index (χ0n) is 15.5. The molecule has 0 aliphatic carbocycles. The number of nitrogens with zero attached hydrogens (tertiary/aromatic N) is 1. The fourth-order valence-electron chi connectivity index (χ4n) is 3.57. The molecule has 0 radical (unpaired) electrons. The Labute approximate surface area is 177 Å². The van der Waals surface area contributed by atoms with Crippen LogP contribution in [0, 0.1) is 0 Å². The van der Waals surface area contributed by atoms with Crippen LogP contribution in [-0.4, -0.2) is 21.7 Å². The van der Waals surface area contributed by atoms with Gasteiger partial charge >= 0.3 is 0 Å². The van der Waals surface area contributed by atoms with Crippen LogP contribution in [-0.2, 0) is 16.1 Å². The first kappa shape index (κ1) is 19.2. The molecular formula is C24H18BrNO3. The normalized spacial score (nSPS) is 18.2. The zero-order valence-corrected chi connectivity index (χ0v) is 17.0. The Kier molecular flexibility index (Phi) is 5.32. The van der Waals surface area contributed by atoms with Gasteiger partial charge in [0.2, 0.25) is 0 Å². The lowest BCUT2D eigenvalue weighted by Gasteiger charge is -2.25. The van der Waals surface area contributed by atoms with Gasteiger partial charge in [0.05, 0.1) is 11.6 Å². The molecule has 1 aliphatic heterocycles. The molecule has 1 atom stereocenters. The van der Waals surface area contributed by atoms with Crippen molar-refractivity contribution in [3.8, 4) is 0 Å². The highest BCUT2D eigenvalue weighted by atomic mass is 79.9. The summed E-state index contributed by atoms with van der Waals surface area (Å²) in [5.41, 5.74) is 2.30. The second-order valence-electron chi connectivity index (χ2n) is 6.83. The highest BCUT2D eigenvalue weighted by molar-refractivity contribution is 9.10. The van der Waals surface area contributed by atoms with Crippen LogP contribution in [0.25, 0.3) is 5.76 Å². The molecule has 3 aromatic carbocycles. The number of Topliss-reactive ketones (excluding diaryl/α,β-unsaturated/α-hetero) is 1. The van der Waals surface area contributed by atoms with Crippen LogP contribution in [0.1, 0.15) is 22.7 Å². The molecule has 0 unspecified atom stereocenters. The number of hydrogen-bond donors (Lipinski definition) is 1. The maximum absolute atomic E-state index is 13.0. The van der Waals surface area contributed by atoms with Gasteiger partial charge in [-0.05, 0) is 23.3 Å². The number of halogens is 1. The monoisotopic (exact) mass is 447 g/mol. The fraction of sp³-hybridized carbons (Fsp3) is 0.0833. The number of benzene rings is 3. The van der Waals surface area contributed by atoms with Gasteiger partial charge in [-0.15, -0.1) is 0 Å². The molecule has 1 aliphatic rings. The number of rotatable bonds is 4. The number of ketones is 1. The third kappa shape index (κ3) is 3.74. The van der Waals surface area contributed by atoms with E-state index in [1.807, 2.05) is 60.7 Å².